The van der Waals surface area contributed by atoms with Crippen LogP contribution in [0.2, 0.25) is 0 Å². The van der Waals surface area contributed by atoms with Crippen LogP contribution >= 0.6 is 0 Å². The smallest absolute Gasteiger partial charge is 0.0992 e. The second-order valence-electron chi connectivity index (χ2n) is 8.49. The van der Waals surface area contributed by atoms with Crippen molar-refractivity contribution < 1.29 is 0 Å². The van der Waals surface area contributed by atoms with Crippen LogP contribution in [0.4, 0.5) is 0 Å². The summed E-state index contributed by atoms with van der Waals surface area (Å²) < 4.78 is 2.32. The molecule has 0 aliphatic heterocycles. The molecular weight excluding hydrogens is 400 g/mol. The topological polar surface area (TPSA) is 28.7 Å². The van der Waals surface area contributed by atoms with Gasteiger partial charge in [0.1, 0.15) is 0 Å². The first-order valence-electron chi connectivity index (χ1n) is 11.1. The molecule has 2 heteroatoms. The van der Waals surface area contributed by atoms with Crippen LogP contribution in [0.1, 0.15) is 5.56 Å². The second-order valence-corrected chi connectivity index (χ2v) is 8.49. The van der Waals surface area contributed by atoms with E-state index in [2.05, 4.69) is 102 Å². The Balaban J connectivity index is 1.83. The molecule has 0 aliphatic carbocycles. The summed E-state index contributed by atoms with van der Waals surface area (Å²) >= 11 is 0. The van der Waals surface area contributed by atoms with Gasteiger partial charge in [-0.25, -0.2) is 0 Å². The number of benzene rings is 6. The number of rotatable bonds is 1. The predicted molar refractivity (Wildman–Crippen MR) is 138 cm³/mol. The molecule has 1 heterocycles. The van der Waals surface area contributed by atoms with E-state index in [-0.39, 0.29) is 0 Å². The SMILES string of the molecule is N#Cc1cccc(-n2c3ccccc3c3c4ccc5ccccc5c4c4ccccc4c32)c1. The molecule has 0 atom stereocenters. The lowest BCUT2D eigenvalue weighted by molar-refractivity contribution is 1.18. The first kappa shape index (κ1) is 18.0. The summed E-state index contributed by atoms with van der Waals surface area (Å²) in [4.78, 5) is 0. The lowest BCUT2D eigenvalue weighted by Crippen LogP contribution is -1.95. The van der Waals surface area contributed by atoms with Gasteiger partial charge in [0, 0.05) is 21.8 Å². The van der Waals surface area contributed by atoms with E-state index in [0.29, 0.717) is 5.56 Å². The number of fused-ring (bicyclic) bond motifs is 10. The van der Waals surface area contributed by atoms with E-state index in [0.717, 1.165) is 11.2 Å². The molecule has 152 valence electrons. The molecule has 1 aromatic heterocycles. The van der Waals surface area contributed by atoms with Gasteiger partial charge in [0.05, 0.1) is 22.7 Å². The molecule has 0 saturated carbocycles. The highest BCUT2D eigenvalue weighted by molar-refractivity contribution is 6.36. The monoisotopic (exact) mass is 418 g/mol. The highest BCUT2D eigenvalue weighted by atomic mass is 15.0. The highest BCUT2D eigenvalue weighted by Gasteiger charge is 2.19. The molecule has 0 saturated heterocycles. The average molecular weight is 418 g/mol. The summed E-state index contributed by atoms with van der Waals surface area (Å²) in [5.74, 6) is 0. The predicted octanol–water partition coefficient (Wildman–Crippen LogP) is 8.11. The Hall–Kier alpha value is -4.61. The molecule has 0 N–H and O–H groups in total. The minimum absolute atomic E-state index is 0.662. The minimum atomic E-state index is 0.662. The van der Waals surface area contributed by atoms with E-state index < -0.39 is 0 Å². The summed E-state index contributed by atoms with van der Waals surface area (Å²) in [5, 5.41) is 19.6. The Kier molecular flexibility index (Phi) is 3.65. The summed E-state index contributed by atoms with van der Waals surface area (Å²) in [6.07, 6.45) is 0. The van der Waals surface area contributed by atoms with Crippen LogP contribution in [0.25, 0.3) is 59.8 Å². The average Bonchev–Trinajstić information content (AvgIpc) is 3.24. The number of hydrogen-bond donors (Lipinski definition) is 0. The molecule has 7 aromatic rings. The molecule has 0 fully saturated rings. The van der Waals surface area contributed by atoms with E-state index in [1.165, 1.54) is 48.6 Å². The Morgan fingerprint density at radius 3 is 2.12 bits per heavy atom. The fourth-order valence-electron chi connectivity index (χ4n) is 5.43. The van der Waals surface area contributed by atoms with Crippen molar-refractivity contribution in [3.63, 3.8) is 0 Å². The van der Waals surface area contributed by atoms with Gasteiger partial charge in [-0.2, -0.15) is 5.26 Å². The second kappa shape index (κ2) is 6.69. The Morgan fingerprint density at radius 2 is 1.27 bits per heavy atom. The Bertz CT molecular complexity index is 1930. The maximum absolute atomic E-state index is 9.54. The third-order valence-corrected chi connectivity index (χ3v) is 6.76. The van der Waals surface area contributed by atoms with Gasteiger partial charge in [-0.1, -0.05) is 84.9 Å². The zero-order chi connectivity index (χ0) is 21.9. The van der Waals surface area contributed by atoms with Crippen LogP contribution in [-0.4, -0.2) is 4.57 Å². The van der Waals surface area contributed by atoms with Crippen LogP contribution in [0, 0.1) is 11.3 Å². The fourth-order valence-corrected chi connectivity index (χ4v) is 5.43. The number of hydrogen-bond acceptors (Lipinski definition) is 1. The first-order chi connectivity index (χ1) is 16.3. The molecule has 7 rings (SSSR count). The lowest BCUT2D eigenvalue weighted by atomic mass is 9.93. The molecule has 0 aliphatic rings. The third kappa shape index (κ3) is 2.42. The standard InChI is InChI=1S/C31H18N2/c32-19-20-8-7-10-22(18-20)33-28-15-6-5-14-26(28)30-27-17-16-21-9-1-2-11-23(21)29(27)24-12-3-4-13-25(24)31(30)33/h1-18H. The molecule has 2 nitrogen and oxygen atoms in total. The summed E-state index contributed by atoms with van der Waals surface area (Å²) in [7, 11) is 0. The molecular formula is C31H18N2. The van der Waals surface area contributed by atoms with Crippen molar-refractivity contribution in [2.75, 3.05) is 0 Å². The van der Waals surface area contributed by atoms with Gasteiger partial charge in [0.15, 0.2) is 0 Å². The largest absolute Gasteiger partial charge is 0.309 e. The highest BCUT2D eigenvalue weighted by Crippen LogP contribution is 2.44. The third-order valence-electron chi connectivity index (χ3n) is 6.76. The van der Waals surface area contributed by atoms with Gasteiger partial charge in [0.25, 0.3) is 0 Å². The van der Waals surface area contributed by atoms with Gasteiger partial charge in [-0.15, -0.1) is 0 Å². The fraction of sp³-hybridized carbons (Fsp3) is 0. The number of aromatic nitrogens is 1. The van der Waals surface area contributed by atoms with Crippen LogP contribution < -0.4 is 0 Å². The molecule has 0 amide bonds. The lowest BCUT2D eigenvalue weighted by Gasteiger charge is -2.13. The maximum atomic E-state index is 9.54. The van der Waals surface area contributed by atoms with Crippen LogP contribution in [0.3, 0.4) is 0 Å². The van der Waals surface area contributed by atoms with Crippen molar-refractivity contribution >= 4 is 54.1 Å². The first-order valence-corrected chi connectivity index (χ1v) is 11.1. The van der Waals surface area contributed by atoms with Crippen LogP contribution in [0.15, 0.2) is 109 Å². The van der Waals surface area contributed by atoms with E-state index in [1.54, 1.807) is 0 Å². The van der Waals surface area contributed by atoms with Crippen molar-refractivity contribution in [1.82, 2.24) is 4.57 Å². The maximum Gasteiger partial charge on any atom is 0.0992 e. The van der Waals surface area contributed by atoms with Gasteiger partial charge in [-0.3, -0.25) is 0 Å². The summed E-state index contributed by atoms with van der Waals surface area (Å²) in [5.41, 5.74) is 4.00. The van der Waals surface area contributed by atoms with Crippen molar-refractivity contribution in [2.24, 2.45) is 0 Å². The summed E-state index contributed by atoms with van der Waals surface area (Å²) in [6.45, 7) is 0. The van der Waals surface area contributed by atoms with E-state index >= 15 is 0 Å². The van der Waals surface area contributed by atoms with E-state index in [9.17, 15) is 5.26 Å². The zero-order valence-electron chi connectivity index (χ0n) is 17.8. The van der Waals surface area contributed by atoms with Gasteiger partial charge < -0.3 is 4.57 Å². The minimum Gasteiger partial charge on any atom is -0.309 e. The molecule has 0 spiro atoms. The van der Waals surface area contributed by atoms with Crippen molar-refractivity contribution in [3.8, 4) is 11.8 Å². The normalized spacial score (nSPS) is 11.6. The van der Waals surface area contributed by atoms with Gasteiger partial charge in [-0.05, 0) is 51.2 Å². The molecule has 0 unspecified atom stereocenters. The van der Waals surface area contributed by atoms with Gasteiger partial charge in [0.2, 0.25) is 0 Å². The number of para-hydroxylation sites is 1. The number of nitrogens with zero attached hydrogens (tertiary/aromatic N) is 2. The summed E-state index contributed by atoms with van der Waals surface area (Å²) in [6, 6.07) is 40.6. The quantitative estimate of drug-likeness (QED) is 0.247. The zero-order valence-corrected chi connectivity index (χ0v) is 17.8. The Morgan fingerprint density at radius 1 is 0.545 bits per heavy atom. The molecule has 33 heavy (non-hydrogen) atoms. The molecule has 6 aromatic carbocycles. The van der Waals surface area contributed by atoms with Crippen LogP contribution in [0.5, 0.6) is 0 Å². The van der Waals surface area contributed by atoms with Crippen LogP contribution in [-0.2, 0) is 0 Å². The van der Waals surface area contributed by atoms with E-state index in [4.69, 9.17) is 0 Å². The van der Waals surface area contributed by atoms with Crippen molar-refractivity contribution in [2.45, 2.75) is 0 Å². The van der Waals surface area contributed by atoms with E-state index in [1.807, 2.05) is 18.2 Å². The number of nitriles is 1. The molecule has 0 bridgehead atoms. The Labute approximate surface area is 190 Å². The van der Waals surface area contributed by atoms with Crippen molar-refractivity contribution in [1.29, 1.82) is 5.26 Å². The van der Waals surface area contributed by atoms with Gasteiger partial charge >= 0.3 is 0 Å². The molecule has 0 radical (unpaired) electrons. The van der Waals surface area contributed by atoms with Crippen molar-refractivity contribution in [3.05, 3.63) is 115 Å².